The maximum absolute atomic E-state index is 5.89. The zero-order chi connectivity index (χ0) is 13.2. The van der Waals surface area contributed by atoms with Crippen molar-refractivity contribution in [1.82, 2.24) is 5.32 Å². The van der Waals surface area contributed by atoms with E-state index in [1.165, 1.54) is 5.56 Å². The van der Waals surface area contributed by atoms with Gasteiger partial charge in [0.1, 0.15) is 5.75 Å². The van der Waals surface area contributed by atoms with Gasteiger partial charge < -0.3 is 10.1 Å². The normalized spacial score (nSPS) is 12.4. The summed E-state index contributed by atoms with van der Waals surface area (Å²) >= 11 is 1.87. The molecule has 3 heteroatoms. The Labute approximate surface area is 116 Å². The van der Waals surface area contributed by atoms with E-state index < -0.39 is 0 Å². The molecule has 0 spiro atoms. The Morgan fingerprint density at radius 2 is 2.11 bits per heavy atom. The molecule has 1 rings (SSSR count). The fourth-order valence-electron chi connectivity index (χ4n) is 1.83. The molecule has 1 atom stereocenters. The van der Waals surface area contributed by atoms with Gasteiger partial charge in [0.2, 0.25) is 0 Å². The lowest BCUT2D eigenvalue weighted by Crippen LogP contribution is -2.20. The molecule has 0 fully saturated rings. The fourth-order valence-corrected chi connectivity index (χ4v) is 2.23. The van der Waals surface area contributed by atoms with E-state index in [2.05, 4.69) is 43.6 Å². The molecule has 0 saturated heterocycles. The molecule has 0 bridgehead atoms. The Morgan fingerprint density at radius 3 is 2.83 bits per heavy atom. The Kier molecular flexibility index (Phi) is 7.94. The predicted octanol–water partition coefficient (Wildman–Crippen LogP) is 3.88. The highest BCUT2D eigenvalue weighted by Crippen LogP contribution is 2.24. The Balaban J connectivity index is 2.55. The lowest BCUT2D eigenvalue weighted by molar-refractivity contribution is 0.312. The number of hydrogen-bond acceptors (Lipinski definition) is 3. The Bertz CT molecular complexity index is 330. The molecular weight excluding hydrogens is 242 g/mol. The summed E-state index contributed by atoms with van der Waals surface area (Å²) in [5.74, 6) is 2.18. The minimum Gasteiger partial charge on any atom is -0.493 e. The molecule has 1 aromatic rings. The van der Waals surface area contributed by atoms with Crippen LogP contribution in [0.2, 0.25) is 0 Å². The number of benzene rings is 1. The van der Waals surface area contributed by atoms with E-state index in [0.29, 0.717) is 6.04 Å². The first-order valence-corrected chi connectivity index (χ1v) is 8.13. The summed E-state index contributed by atoms with van der Waals surface area (Å²) < 4.78 is 5.89. The van der Waals surface area contributed by atoms with Crippen LogP contribution < -0.4 is 10.1 Å². The van der Waals surface area contributed by atoms with Crippen molar-refractivity contribution in [2.24, 2.45) is 0 Å². The zero-order valence-corrected chi connectivity index (χ0v) is 12.6. The molecule has 0 amide bonds. The van der Waals surface area contributed by atoms with Gasteiger partial charge in [-0.15, -0.1) is 0 Å². The third-order valence-electron chi connectivity index (χ3n) is 2.84. The van der Waals surface area contributed by atoms with Crippen LogP contribution in [-0.2, 0) is 0 Å². The molecule has 0 heterocycles. The van der Waals surface area contributed by atoms with Crippen LogP contribution in [0.3, 0.4) is 0 Å². The van der Waals surface area contributed by atoms with E-state index in [4.69, 9.17) is 4.74 Å². The molecule has 0 aliphatic carbocycles. The lowest BCUT2D eigenvalue weighted by atomic mass is 10.1. The smallest absolute Gasteiger partial charge is 0.124 e. The number of thioether (sulfide) groups is 1. The summed E-state index contributed by atoms with van der Waals surface area (Å²) in [6.45, 7) is 6.23. The van der Waals surface area contributed by atoms with E-state index in [1.54, 1.807) is 0 Å². The van der Waals surface area contributed by atoms with Gasteiger partial charge in [0.05, 0.1) is 6.61 Å². The zero-order valence-electron chi connectivity index (χ0n) is 11.7. The molecule has 1 N–H and O–H groups in total. The number of nitrogens with one attached hydrogen (secondary N) is 1. The van der Waals surface area contributed by atoms with Gasteiger partial charge in [-0.1, -0.05) is 25.1 Å². The van der Waals surface area contributed by atoms with E-state index in [-0.39, 0.29) is 0 Å². The summed E-state index contributed by atoms with van der Waals surface area (Å²) in [6.07, 6.45) is 4.39. The lowest BCUT2D eigenvalue weighted by Gasteiger charge is -2.18. The second-order valence-corrected chi connectivity index (χ2v) is 5.39. The van der Waals surface area contributed by atoms with Crippen LogP contribution in [0, 0.1) is 0 Å². The Hall–Kier alpha value is -0.670. The maximum atomic E-state index is 5.89. The molecule has 0 saturated carbocycles. The van der Waals surface area contributed by atoms with Gasteiger partial charge in [-0.05, 0) is 44.4 Å². The molecule has 18 heavy (non-hydrogen) atoms. The minimum atomic E-state index is 0.349. The molecule has 1 unspecified atom stereocenters. The van der Waals surface area contributed by atoms with Crippen molar-refractivity contribution in [2.75, 3.05) is 25.2 Å². The highest BCUT2D eigenvalue weighted by Gasteiger charge is 2.09. The van der Waals surface area contributed by atoms with Gasteiger partial charge >= 0.3 is 0 Å². The average molecular weight is 267 g/mol. The molecule has 0 aliphatic rings. The van der Waals surface area contributed by atoms with Gasteiger partial charge in [0, 0.05) is 11.6 Å². The highest BCUT2D eigenvalue weighted by molar-refractivity contribution is 7.98. The summed E-state index contributed by atoms with van der Waals surface area (Å²) in [5.41, 5.74) is 1.26. The van der Waals surface area contributed by atoms with Crippen LogP contribution in [0.5, 0.6) is 5.75 Å². The average Bonchev–Trinajstić information content (AvgIpc) is 2.41. The maximum Gasteiger partial charge on any atom is 0.124 e. The van der Waals surface area contributed by atoms with Gasteiger partial charge in [-0.3, -0.25) is 0 Å². The molecule has 0 aromatic heterocycles. The van der Waals surface area contributed by atoms with E-state index in [1.807, 2.05) is 17.8 Å². The van der Waals surface area contributed by atoms with Gasteiger partial charge in [0.15, 0.2) is 0 Å². The van der Waals surface area contributed by atoms with Crippen molar-refractivity contribution in [3.8, 4) is 5.75 Å². The van der Waals surface area contributed by atoms with Gasteiger partial charge in [0.25, 0.3) is 0 Å². The number of rotatable bonds is 9. The number of ether oxygens (including phenoxy) is 1. The molecule has 0 radical (unpaired) electrons. The van der Waals surface area contributed by atoms with E-state index >= 15 is 0 Å². The molecule has 102 valence electrons. The second-order valence-electron chi connectivity index (χ2n) is 4.41. The van der Waals surface area contributed by atoms with Crippen LogP contribution in [0.25, 0.3) is 0 Å². The monoisotopic (exact) mass is 267 g/mol. The summed E-state index contributed by atoms with van der Waals surface area (Å²) in [4.78, 5) is 0. The van der Waals surface area contributed by atoms with Crippen molar-refractivity contribution >= 4 is 11.8 Å². The van der Waals surface area contributed by atoms with E-state index in [0.717, 1.165) is 37.5 Å². The van der Waals surface area contributed by atoms with Crippen LogP contribution in [-0.4, -0.2) is 25.2 Å². The SMILES string of the molecule is CCCNC(C)c1ccccc1OCCCSC. The molecule has 1 aromatic carbocycles. The first-order valence-electron chi connectivity index (χ1n) is 6.73. The van der Waals surface area contributed by atoms with Crippen LogP contribution >= 0.6 is 11.8 Å². The third-order valence-corrected chi connectivity index (χ3v) is 3.53. The quantitative estimate of drug-likeness (QED) is 0.686. The number of para-hydroxylation sites is 1. The summed E-state index contributed by atoms with van der Waals surface area (Å²) in [6, 6.07) is 8.69. The van der Waals surface area contributed by atoms with Crippen molar-refractivity contribution in [3.63, 3.8) is 0 Å². The van der Waals surface area contributed by atoms with Crippen LogP contribution in [0.4, 0.5) is 0 Å². The molecule has 0 aliphatic heterocycles. The largest absolute Gasteiger partial charge is 0.493 e. The summed E-state index contributed by atoms with van der Waals surface area (Å²) in [7, 11) is 0. The molecule has 2 nitrogen and oxygen atoms in total. The first-order chi connectivity index (χ1) is 8.79. The summed E-state index contributed by atoms with van der Waals surface area (Å²) in [5, 5.41) is 3.51. The number of hydrogen-bond donors (Lipinski definition) is 1. The van der Waals surface area contributed by atoms with Gasteiger partial charge in [-0.2, -0.15) is 11.8 Å². The van der Waals surface area contributed by atoms with Gasteiger partial charge in [-0.25, -0.2) is 0 Å². The Morgan fingerprint density at radius 1 is 1.33 bits per heavy atom. The van der Waals surface area contributed by atoms with Crippen molar-refractivity contribution in [1.29, 1.82) is 0 Å². The third kappa shape index (κ3) is 5.32. The van der Waals surface area contributed by atoms with Crippen molar-refractivity contribution < 1.29 is 4.74 Å². The standard InChI is InChI=1S/C15H25NOS/c1-4-10-16-13(2)14-8-5-6-9-15(14)17-11-7-12-18-3/h5-6,8-9,13,16H,4,7,10-12H2,1-3H3. The van der Waals surface area contributed by atoms with Crippen molar-refractivity contribution in [2.45, 2.75) is 32.7 Å². The topological polar surface area (TPSA) is 21.3 Å². The molecular formula is C15H25NOS. The van der Waals surface area contributed by atoms with E-state index in [9.17, 15) is 0 Å². The fraction of sp³-hybridized carbons (Fsp3) is 0.600. The second kappa shape index (κ2) is 9.29. The minimum absolute atomic E-state index is 0.349. The highest BCUT2D eigenvalue weighted by atomic mass is 32.2. The van der Waals surface area contributed by atoms with Crippen LogP contribution in [0.1, 0.15) is 38.3 Å². The first kappa shape index (κ1) is 15.4. The van der Waals surface area contributed by atoms with Crippen LogP contribution in [0.15, 0.2) is 24.3 Å². The van der Waals surface area contributed by atoms with Crippen molar-refractivity contribution in [3.05, 3.63) is 29.8 Å². The predicted molar refractivity (Wildman–Crippen MR) is 81.6 cm³/mol.